The molecule has 1 aliphatic heterocycles. The van der Waals surface area contributed by atoms with Crippen LogP contribution in [0.2, 0.25) is 0 Å². The van der Waals surface area contributed by atoms with Crippen LogP contribution in [0.25, 0.3) is 6.08 Å². The van der Waals surface area contributed by atoms with Gasteiger partial charge in [-0.15, -0.1) is 0 Å². The van der Waals surface area contributed by atoms with Gasteiger partial charge in [0.25, 0.3) is 0 Å². The molecule has 25 heavy (non-hydrogen) atoms. The van der Waals surface area contributed by atoms with Crippen LogP contribution in [0.4, 0.5) is 0 Å². The van der Waals surface area contributed by atoms with E-state index in [1.54, 1.807) is 19.2 Å². The van der Waals surface area contributed by atoms with Gasteiger partial charge < -0.3 is 29.5 Å². The number of aliphatic hydroxyl groups is 1. The minimum atomic E-state index is -0.619. The van der Waals surface area contributed by atoms with Crippen molar-refractivity contribution < 1.29 is 29.5 Å². The van der Waals surface area contributed by atoms with E-state index in [9.17, 15) is 15.3 Å². The molecule has 1 heterocycles. The molecule has 0 amide bonds. The first kappa shape index (κ1) is 17.1. The summed E-state index contributed by atoms with van der Waals surface area (Å²) in [5, 5.41) is 28.8. The van der Waals surface area contributed by atoms with Crippen LogP contribution in [0, 0.1) is 0 Å². The zero-order chi connectivity index (χ0) is 17.8. The normalized spacial score (nSPS) is 19.3. The van der Waals surface area contributed by atoms with Crippen LogP contribution in [0.3, 0.4) is 0 Å². The molecule has 2 atom stereocenters. The third-order valence-electron chi connectivity index (χ3n) is 3.92. The average molecular weight is 344 g/mol. The summed E-state index contributed by atoms with van der Waals surface area (Å²) in [4.78, 5) is 0. The van der Waals surface area contributed by atoms with Crippen LogP contribution >= 0.6 is 0 Å². The van der Waals surface area contributed by atoms with Crippen molar-refractivity contribution in [3.8, 4) is 23.0 Å². The van der Waals surface area contributed by atoms with Gasteiger partial charge in [0.05, 0.1) is 13.2 Å². The Hall–Kier alpha value is -2.70. The summed E-state index contributed by atoms with van der Waals surface area (Å²) in [6.07, 6.45) is 2.57. The summed E-state index contributed by atoms with van der Waals surface area (Å²) in [5.41, 5.74) is 1.52. The lowest BCUT2D eigenvalue weighted by molar-refractivity contribution is -0.0124. The largest absolute Gasteiger partial charge is 0.504 e. The highest BCUT2D eigenvalue weighted by Crippen LogP contribution is 2.41. The molecule has 132 valence electrons. The third kappa shape index (κ3) is 3.70. The molecule has 6 nitrogen and oxygen atoms in total. The molecule has 0 aromatic heterocycles. The Bertz CT molecular complexity index is 771. The molecule has 0 bridgehead atoms. The smallest absolute Gasteiger partial charge is 0.163 e. The van der Waals surface area contributed by atoms with Crippen LogP contribution in [0.1, 0.15) is 17.2 Å². The van der Waals surface area contributed by atoms with E-state index >= 15 is 0 Å². The van der Waals surface area contributed by atoms with Crippen molar-refractivity contribution in [3.63, 3.8) is 0 Å². The molecule has 3 N–H and O–H groups in total. The third-order valence-corrected chi connectivity index (χ3v) is 3.92. The van der Waals surface area contributed by atoms with Crippen molar-refractivity contribution in [1.29, 1.82) is 0 Å². The zero-order valence-electron chi connectivity index (χ0n) is 13.8. The maximum Gasteiger partial charge on any atom is 0.163 e. The Balaban J connectivity index is 1.90. The number of aliphatic hydroxyl groups excluding tert-OH is 1. The van der Waals surface area contributed by atoms with E-state index in [1.807, 2.05) is 24.3 Å². The van der Waals surface area contributed by atoms with Gasteiger partial charge >= 0.3 is 0 Å². The molecule has 3 rings (SSSR count). The topological polar surface area (TPSA) is 88.4 Å². The molecule has 1 aliphatic rings. The number of hydrogen-bond acceptors (Lipinski definition) is 6. The van der Waals surface area contributed by atoms with E-state index in [2.05, 4.69) is 0 Å². The van der Waals surface area contributed by atoms with Crippen LogP contribution in [0.5, 0.6) is 23.0 Å². The maximum atomic E-state index is 9.72. The molecule has 0 unspecified atom stereocenters. The minimum absolute atomic E-state index is 0.216. The van der Waals surface area contributed by atoms with Crippen LogP contribution in [-0.2, 0) is 4.74 Å². The predicted octanol–water partition coefficient (Wildman–Crippen LogP) is 2.63. The molecule has 0 spiro atoms. The number of aromatic hydroxyl groups is 2. The van der Waals surface area contributed by atoms with Crippen molar-refractivity contribution in [1.82, 2.24) is 0 Å². The lowest BCUT2D eigenvalue weighted by Crippen LogP contribution is -2.36. The second-order valence-electron chi connectivity index (χ2n) is 5.69. The highest BCUT2D eigenvalue weighted by molar-refractivity contribution is 5.56. The molecule has 2 aromatic carbocycles. The van der Waals surface area contributed by atoms with Gasteiger partial charge in [-0.05, 0) is 29.8 Å². The Morgan fingerprint density at radius 3 is 2.60 bits per heavy atom. The van der Waals surface area contributed by atoms with E-state index in [4.69, 9.17) is 14.2 Å². The number of fused-ring (bicyclic) bond motifs is 1. The van der Waals surface area contributed by atoms with E-state index < -0.39 is 12.2 Å². The summed E-state index contributed by atoms with van der Waals surface area (Å²) in [6.45, 7) is 0.262. The standard InChI is InChI=1S/C19H20O6/c1-23-8-2-3-12-4-7-16-17(9-12)25-19(18(11-20)24-16)13-5-6-14(21)15(22)10-13/h2-7,9-10,18-22H,8,11H2,1H3/b3-2+/t18-,19-/m1/s1. The predicted molar refractivity (Wildman–Crippen MR) is 92.0 cm³/mol. The first-order valence-electron chi connectivity index (χ1n) is 7.88. The fourth-order valence-corrected chi connectivity index (χ4v) is 2.67. The Morgan fingerprint density at radius 1 is 1.04 bits per heavy atom. The number of benzene rings is 2. The van der Waals surface area contributed by atoms with Gasteiger partial charge in [-0.25, -0.2) is 0 Å². The van der Waals surface area contributed by atoms with Gasteiger partial charge in [-0.3, -0.25) is 0 Å². The number of phenolic OH excluding ortho intramolecular Hbond substituents is 2. The number of methoxy groups -OCH3 is 1. The minimum Gasteiger partial charge on any atom is -0.504 e. The number of ether oxygens (including phenoxy) is 3. The molecule has 0 aliphatic carbocycles. The highest BCUT2D eigenvalue weighted by atomic mass is 16.6. The summed E-state index contributed by atoms with van der Waals surface area (Å²) in [7, 11) is 1.63. The lowest BCUT2D eigenvalue weighted by Gasteiger charge is -2.33. The van der Waals surface area contributed by atoms with Gasteiger partial charge in [0.2, 0.25) is 0 Å². The Kier molecular flexibility index (Phi) is 5.11. The fourth-order valence-electron chi connectivity index (χ4n) is 2.67. The van der Waals surface area contributed by atoms with E-state index in [1.165, 1.54) is 12.1 Å². The molecule has 2 aromatic rings. The number of rotatable bonds is 5. The number of phenols is 2. The summed E-state index contributed by atoms with van der Waals surface area (Å²) < 4.78 is 16.8. The van der Waals surface area contributed by atoms with Gasteiger partial charge in [0, 0.05) is 12.7 Å². The van der Waals surface area contributed by atoms with E-state index in [-0.39, 0.29) is 18.1 Å². The van der Waals surface area contributed by atoms with Crippen LogP contribution in [0.15, 0.2) is 42.5 Å². The lowest BCUT2D eigenvalue weighted by atomic mass is 10.0. The molecule has 0 fully saturated rings. The average Bonchev–Trinajstić information content (AvgIpc) is 2.63. The highest BCUT2D eigenvalue weighted by Gasteiger charge is 2.33. The first-order chi connectivity index (χ1) is 12.1. The monoisotopic (exact) mass is 344 g/mol. The van der Waals surface area contributed by atoms with Gasteiger partial charge in [-0.1, -0.05) is 24.3 Å². The second kappa shape index (κ2) is 7.46. The molecule has 0 radical (unpaired) electrons. The summed E-state index contributed by atoms with van der Waals surface area (Å²) in [6, 6.07) is 9.91. The van der Waals surface area contributed by atoms with Crippen molar-refractivity contribution in [2.45, 2.75) is 12.2 Å². The summed E-state index contributed by atoms with van der Waals surface area (Å²) in [5.74, 6) is 0.621. The van der Waals surface area contributed by atoms with E-state index in [0.29, 0.717) is 23.7 Å². The van der Waals surface area contributed by atoms with Crippen molar-refractivity contribution >= 4 is 6.08 Å². The summed E-state index contributed by atoms with van der Waals surface area (Å²) >= 11 is 0. The van der Waals surface area contributed by atoms with Crippen molar-refractivity contribution in [3.05, 3.63) is 53.6 Å². The quantitative estimate of drug-likeness (QED) is 0.723. The Labute approximate surface area is 145 Å². The molecular weight excluding hydrogens is 324 g/mol. The van der Waals surface area contributed by atoms with Crippen LogP contribution < -0.4 is 9.47 Å². The van der Waals surface area contributed by atoms with Crippen molar-refractivity contribution in [2.24, 2.45) is 0 Å². The van der Waals surface area contributed by atoms with Crippen molar-refractivity contribution in [2.75, 3.05) is 20.3 Å². The second-order valence-corrected chi connectivity index (χ2v) is 5.69. The Morgan fingerprint density at radius 2 is 1.88 bits per heavy atom. The zero-order valence-corrected chi connectivity index (χ0v) is 13.8. The molecule has 6 heteroatoms. The van der Waals surface area contributed by atoms with E-state index in [0.717, 1.165) is 5.56 Å². The first-order valence-corrected chi connectivity index (χ1v) is 7.88. The van der Waals surface area contributed by atoms with Gasteiger partial charge in [-0.2, -0.15) is 0 Å². The maximum absolute atomic E-state index is 9.72. The molecule has 0 saturated heterocycles. The molecular formula is C19H20O6. The SMILES string of the molecule is COC/C=C/c1ccc2c(c1)O[C@H](c1ccc(O)c(O)c1)[C@@H](CO)O2. The fraction of sp³-hybridized carbons (Fsp3) is 0.263. The number of hydrogen-bond donors (Lipinski definition) is 3. The van der Waals surface area contributed by atoms with Gasteiger partial charge in [0.15, 0.2) is 35.2 Å². The molecule has 0 saturated carbocycles. The van der Waals surface area contributed by atoms with Gasteiger partial charge in [0.1, 0.15) is 0 Å². The van der Waals surface area contributed by atoms with Crippen LogP contribution in [-0.4, -0.2) is 41.7 Å².